The summed E-state index contributed by atoms with van der Waals surface area (Å²) in [5.74, 6) is 0.0723. The van der Waals surface area contributed by atoms with Gasteiger partial charge in [-0.2, -0.15) is 26.3 Å². The van der Waals surface area contributed by atoms with Gasteiger partial charge < -0.3 is 53.3 Å². The van der Waals surface area contributed by atoms with E-state index < -0.39 is 54.1 Å². The molecule has 75 heavy (non-hydrogen) atoms. The van der Waals surface area contributed by atoms with E-state index >= 15 is 0 Å². The summed E-state index contributed by atoms with van der Waals surface area (Å²) in [7, 11) is -12.2. The summed E-state index contributed by atoms with van der Waals surface area (Å²) in [4.78, 5) is 57.8. The van der Waals surface area contributed by atoms with Crippen LogP contribution in [0.5, 0.6) is 0 Å². The number of nitrogens with zero attached hydrogens (tertiary/aromatic N) is 5. The Kier molecular flexibility index (Phi) is 24.3. The number of carbonyl (C=O) groups is 4. The number of nitrogens with one attached hydrogen (secondary N) is 1. The Morgan fingerprint density at radius 2 is 0.987 bits per heavy atom. The first-order chi connectivity index (χ1) is 33.5. The maximum absolute atomic E-state index is 12.7. The molecule has 4 amide bonds. The van der Waals surface area contributed by atoms with Crippen LogP contribution >= 0.6 is 23.2 Å². The second-order valence-corrected chi connectivity index (χ2v) is 23.3. The fourth-order valence-electron chi connectivity index (χ4n) is 7.36. The number of hydrogen-bond acceptors (Lipinski definition) is 16. The third-order valence-electron chi connectivity index (χ3n) is 11.0. The number of alkyl halides is 6. The van der Waals surface area contributed by atoms with E-state index in [0.717, 1.165) is 26.2 Å². The number of rotatable bonds is 3. The molecule has 5 aliphatic heterocycles. The minimum absolute atomic E-state index is 0. The molecule has 420 valence electrons. The molecule has 2 unspecified atom stereocenters. The standard InChI is InChI=1S/C21H30ClN3O4.C11H13ClN2O.C10H17NO3.2CHF3O3S.Ca/c1-20(2,3)29-19(27)25-13-17(21(4,28)14-25)23-9-11-24(12-10-23)18(26)15-5-7-16(22)8-6-15;12-10-3-1-9(2-4-10)11(15)14-7-5-13-6-8-14;1-9(2,3)14-8(12)11-5-7-10(4,6-11)13-7;2*2-1(3,4)8(5,6)7;/h5-8,17,28H,9-14H2,1-4H3;1-4,13H,5-8H2;7H,5-6H2,1-4H3;2*(H,5,6,7);/q;;;;;+2/p-2/t17-,21-;;;;;/m1...../s1. The maximum Gasteiger partial charge on any atom is 2.00 e. The molecule has 0 aliphatic carbocycles. The molecule has 0 radical (unpaired) electrons. The third kappa shape index (κ3) is 22.0. The minimum Gasteiger partial charge on any atom is -0.741 e. The molecule has 0 aromatic heterocycles. The molecule has 2 aromatic rings. The molecule has 31 heteroatoms. The maximum atomic E-state index is 12.7. The van der Waals surface area contributed by atoms with Gasteiger partial charge in [-0.25, -0.2) is 26.4 Å². The molecule has 0 spiro atoms. The topological polar surface area (TPSA) is 262 Å². The number of aliphatic hydroxyl groups is 1. The van der Waals surface area contributed by atoms with Gasteiger partial charge in [0.05, 0.1) is 31.3 Å². The van der Waals surface area contributed by atoms with Crippen molar-refractivity contribution in [2.75, 3.05) is 78.5 Å². The Morgan fingerprint density at radius 1 is 0.640 bits per heavy atom. The first-order valence-corrected chi connectivity index (χ1v) is 26.1. The van der Waals surface area contributed by atoms with Crippen molar-refractivity contribution in [2.45, 2.75) is 101 Å². The van der Waals surface area contributed by atoms with Crippen LogP contribution in [-0.4, -0.2) is 241 Å². The summed E-state index contributed by atoms with van der Waals surface area (Å²) in [6.45, 7) is 22.6. The van der Waals surface area contributed by atoms with Gasteiger partial charge in [-0.05, 0) is 104 Å². The second kappa shape index (κ2) is 26.8. The van der Waals surface area contributed by atoms with Gasteiger partial charge >= 0.3 is 60.9 Å². The molecular weight excluding hydrogens is 1130 g/mol. The minimum atomic E-state index is -6.09. The zero-order valence-corrected chi connectivity index (χ0v) is 47.6. The van der Waals surface area contributed by atoms with Crippen molar-refractivity contribution in [2.24, 2.45) is 0 Å². The van der Waals surface area contributed by atoms with Gasteiger partial charge in [-0.15, -0.1) is 0 Å². The van der Waals surface area contributed by atoms with Gasteiger partial charge in [0.25, 0.3) is 11.8 Å². The van der Waals surface area contributed by atoms with E-state index in [4.69, 9.17) is 63.4 Å². The van der Waals surface area contributed by atoms with Crippen LogP contribution in [0.25, 0.3) is 0 Å². The molecule has 7 rings (SSSR count). The Bertz CT molecular complexity index is 2430. The van der Waals surface area contributed by atoms with E-state index in [1.54, 1.807) is 65.3 Å². The molecule has 2 aromatic carbocycles. The van der Waals surface area contributed by atoms with E-state index in [0.29, 0.717) is 67.0 Å². The van der Waals surface area contributed by atoms with E-state index in [1.807, 2.05) is 58.3 Å². The van der Waals surface area contributed by atoms with Crippen molar-refractivity contribution in [3.8, 4) is 0 Å². The van der Waals surface area contributed by atoms with Crippen LogP contribution in [0.2, 0.25) is 10.0 Å². The van der Waals surface area contributed by atoms with Crippen LogP contribution in [0.15, 0.2) is 48.5 Å². The monoisotopic (exact) mass is 1180 g/mol. The molecular formula is C44H60CaCl2F6N6O14S2. The van der Waals surface area contributed by atoms with Gasteiger partial charge in [0.15, 0.2) is 20.2 Å². The zero-order valence-electron chi connectivity index (χ0n) is 42.3. The second-order valence-electron chi connectivity index (χ2n) is 19.7. The summed E-state index contributed by atoms with van der Waals surface area (Å²) in [5.41, 5.74) is -12.1. The number of β-amino-alcohol motifs (C(OH)–C–C–N with tert-alkyl or cyclic N) is 1. The average Bonchev–Trinajstić information content (AvgIpc) is 3.58. The molecule has 5 fully saturated rings. The molecule has 0 saturated carbocycles. The van der Waals surface area contributed by atoms with Crippen LogP contribution in [0.3, 0.4) is 0 Å². The number of morpholine rings is 1. The molecule has 5 heterocycles. The molecule has 5 aliphatic rings. The number of hydrogen-bond donors (Lipinski definition) is 2. The zero-order chi connectivity index (χ0) is 56.6. The predicted molar refractivity (Wildman–Crippen MR) is 260 cm³/mol. The molecule has 2 N–H and O–H groups in total. The number of likely N-dealkylation sites (tertiary alicyclic amines) is 2. The van der Waals surface area contributed by atoms with Gasteiger partial charge in [0.2, 0.25) is 0 Å². The Labute approximate surface area is 471 Å². The largest absolute Gasteiger partial charge is 2.00 e. The number of halogens is 8. The summed E-state index contributed by atoms with van der Waals surface area (Å²) < 4.78 is 134. The van der Waals surface area contributed by atoms with Crippen molar-refractivity contribution >= 4 is 105 Å². The smallest absolute Gasteiger partial charge is 0.741 e. The summed E-state index contributed by atoms with van der Waals surface area (Å²) >= 11 is 11.7. The number of carbonyl (C=O) groups excluding carboxylic acids is 4. The van der Waals surface area contributed by atoms with E-state index in [2.05, 4.69) is 10.2 Å². The van der Waals surface area contributed by atoms with Crippen LogP contribution in [0.4, 0.5) is 35.9 Å². The van der Waals surface area contributed by atoms with Gasteiger partial charge in [0, 0.05) is 80.1 Å². The normalized spacial score (nSPS) is 22.9. The van der Waals surface area contributed by atoms with Crippen LogP contribution in [0.1, 0.15) is 76.1 Å². The van der Waals surface area contributed by atoms with Crippen molar-refractivity contribution in [1.29, 1.82) is 0 Å². The van der Waals surface area contributed by atoms with Crippen LogP contribution < -0.4 is 5.32 Å². The number of piperazine rings is 2. The summed E-state index contributed by atoms with van der Waals surface area (Å²) in [6.07, 6.45) is -0.402. The molecule has 5 saturated heterocycles. The third-order valence-corrected chi connectivity index (χ3v) is 12.7. The molecule has 0 bridgehead atoms. The molecule has 20 nitrogen and oxygen atoms in total. The van der Waals surface area contributed by atoms with E-state index in [-0.39, 0.29) is 79.9 Å². The summed E-state index contributed by atoms with van der Waals surface area (Å²) in [6, 6.07) is 13.7. The number of amides is 4. The first kappa shape index (κ1) is 68.1. The number of benzene rings is 2. The van der Waals surface area contributed by atoms with Gasteiger partial charge in [-0.3, -0.25) is 14.5 Å². The number of epoxide rings is 1. The average molecular weight is 1190 g/mol. The quantitative estimate of drug-likeness (QED) is 0.135. The SMILES string of the molecule is CC(C)(C)OC(=O)N1CC2OC2(C)C1.CC(C)(C)OC(=O)N1C[C@@H](N2CCN(C(=O)c3ccc(Cl)cc3)CC2)[C@](C)(O)C1.O=C(c1ccc(Cl)cc1)N1CCNCC1.O=S(=O)([O-])C(F)(F)F.O=S(=O)([O-])C(F)(F)F.[Ca+2]. The summed E-state index contributed by atoms with van der Waals surface area (Å²) in [5, 5.41) is 15.4. The van der Waals surface area contributed by atoms with Gasteiger partial charge in [0.1, 0.15) is 22.9 Å². The fraction of sp³-hybridized carbons (Fsp3) is 0.636. The Hall–Kier alpha value is -3.00. The van der Waals surface area contributed by atoms with Crippen molar-refractivity contribution in [1.82, 2.24) is 29.8 Å². The number of ether oxygens (including phenoxy) is 3. The van der Waals surface area contributed by atoms with E-state index in [1.165, 1.54) is 0 Å². The van der Waals surface area contributed by atoms with Crippen LogP contribution in [0, 0.1) is 0 Å². The number of fused-ring (bicyclic) bond motifs is 1. The van der Waals surface area contributed by atoms with Crippen molar-refractivity contribution in [3.63, 3.8) is 0 Å². The van der Waals surface area contributed by atoms with Crippen molar-refractivity contribution < 1.29 is 90.8 Å². The van der Waals surface area contributed by atoms with Crippen LogP contribution in [-0.2, 0) is 34.4 Å². The Morgan fingerprint density at radius 3 is 1.31 bits per heavy atom. The van der Waals surface area contributed by atoms with Crippen molar-refractivity contribution in [3.05, 3.63) is 69.7 Å². The first-order valence-electron chi connectivity index (χ1n) is 22.5. The predicted octanol–water partition coefficient (Wildman–Crippen LogP) is 4.97. The van der Waals surface area contributed by atoms with E-state index in [9.17, 15) is 50.6 Å². The van der Waals surface area contributed by atoms with Gasteiger partial charge in [-0.1, -0.05) is 23.2 Å². The molecule has 4 atom stereocenters. The fourth-order valence-corrected chi connectivity index (χ4v) is 7.61. The Balaban J connectivity index is 0.000000354.